The number of pyridine rings is 1. The molecule has 1 aliphatic rings. The summed E-state index contributed by atoms with van der Waals surface area (Å²) in [6, 6.07) is 7.68. The van der Waals surface area contributed by atoms with Gasteiger partial charge in [0.05, 0.1) is 17.9 Å². The minimum atomic E-state index is -0.0536. The first-order valence-corrected chi connectivity index (χ1v) is 7.72. The molecule has 2 aromatic heterocycles. The van der Waals surface area contributed by atoms with E-state index in [0.29, 0.717) is 12.5 Å². The fourth-order valence-corrected chi connectivity index (χ4v) is 2.68. The fourth-order valence-electron chi connectivity index (χ4n) is 2.68. The van der Waals surface area contributed by atoms with E-state index in [0.717, 1.165) is 30.9 Å². The van der Waals surface area contributed by atoms with Crippen LogP contribution in [-0.4, -0.2) is 33.8 Å². The molecule has 1 aliphatic heterocycles. The van der Waals surface area contributed by atoms with Crippen molar-refractivity contribution in [3.8, 4) is 0 Å². The zero-order chi connectivity index (χ0) is 15.2. The van der Waals surface area contributed by atoms with Gasteiger partial charge in [0.2, 0.25) is 5.91 Å². The summed E-state index contributed by atoms with van der Waals surface area (Å²) in [4.78, 5) is 16.1. The number of aromatic nitrogens is 3. The topological polar surface area (TPSA) is 71.8 Å². The van der Waals surface area contributed by atoms with Crippen LogP contribution in [0.4, 0.5) is 0 Å². The van der Waals surface area contributed by atoms with Crippen molar-refractivity contribution in [2.45, 2.75) is 31.8 Å². The zero-order valence-corrected chi connectivity index (χ0v) is 15.0. The Morgan fingerprint density at radius 2 is 2.21 bits per heavy atom. The zero-order valence-electron chi connectivity index (χ0n) is 13.4. The first kappa shape index (κ1) is 20.4. The second-order valence-corrected chi connectivity index (χ2v) is 5.58. The van der Waals surface area contributed by atoms with E-state index in [1.54, 1.807) is 10.9 Å². The summed E-state index contributed by atoms with van der Waals surface area (Å²) < 4.78 is 1.71. The number of hydrogen-bond donors (Lipinski definition) is 2. The van der Waals surface area contributed by atoms with Crippen LogP contribution in [0.15, 0.2) is 36.7 Å². The summed E-state index contributed by atoms with van der Waals surface area (Å²) >= 11 is 0. The van der Waals surface area contributed by atoms with Crippen molar-refractivity contribution in [3.63, 3.8) is 0 Å². The average Bonchev–Trinajstić information content (AvgIpc) is 3.03. The maximum atomic E-state index is 12.0. The molecule has 3 heterocycles. The van der Waals surface area contributed by atoms with Crippen molar-refractivity contribution >= 4 is 30.7 Å². The average molecular weight is 372 g/mol. The summed E-state index contributed by atoms with van der Waals surface area (Å²) in [5.41, 5.74) is 1.93. The van der Waals surface area contributed by atoms with Crippen molar-refractivity contribution in [2.24, 2.45) is 0 Å². The Balaban J connectivity index is 0.00000144. The normalized spacial score (nSPS) is 16.6. The van der Waals surface area contributed by atoms with E-state index in [-0.39, 0.29) is 37.3 Å². The molecule has 24 heavy (non-hydrogen) atoms. The smallest absolute Gasteiger partial charge is 0.242 e. The van der Waals surface area contributed by atoms with Crippen LogP contribution < -0.4 is 10.6 Å². The molecule has 1 amide bonds. The molecule has 0 radical (unpaired) electrons. The Kier molecular flexibility index (Phi) is 8.74. The van der Waals surface area contributed by atoms with Gasteiger partial charge in [0.25, 0.3) is 0 Å². The summed E-state index contributed by atoms with van der Waals surface area (Å²) in [6.07, 6.45) is 5.95. The number of halogens is 2. The molecule has 1 fully saturated rings. The molecule has 1 atom stereocenters. The van der Waals surface area contributed by atoms with Crippen molar-refractivity contribution < 1.29 is 4.79 Å². The molecule has 0 aromatic carbocycles. The molecule has 0 bridgehead atoms. The molecule has 2 N–H and O–H groups in total. The molecular weight excluding hydrogens is 349 g/mol. The Bertz CT molecular complexity index is 614. The number of amides is 1. The van der Waals surface area contributed by atoms with Gasteiger partial charge in [-0.05, 0) is 37.6 Å². The van der Waals surface area contributed by atoms with Gasteiger partial charge in [0, 0.05) is 24.9 Å². The molecule has 1 unspecified atom stereocenters. The van der Waals surface area contributed by atoms with Crippen LogP contribution in [0.25, 0.3) is 0 Å². The van der Waals surface area contributed by atoms with Gasteiger partial charge >= 0.3 is 0 Å². The van der Waals surface area contributed by atoms with Crippen molar-refractivity contribution in [3.05, 3.63) is 48.0 Å². The first-order valence-electron chi connectivity index (χ1n) is 7.72. The Morgan fingerprint density at radius 1 is 1.33 bits per heavy atom. The second-order valence-electron chi connectivity index (χ2n) is 5.58. The van der Waals surface area contributed by atoms with E-state index in [9.17, 15) is 4.79 Å². The van der Waals surface area contributed by atoms with Gasteiger partial charge in [-0.1, -0.05) is 6.07 Å². The van der Waals surface area contributed by atoms with E-state index < -0.39 is 0 Å². The van der Waals surface area contributed by atoms with Gasteiger partial charge in [-0.15, -0.1) is 24.8 Å². The number of nitrogens with zero attached hydrogens (tertiary/aromatic N) is 3. The van der Waals surface area contributed by atoms with Gasteiger partial charge in [-0.2, -0.15) is 5.10 Å². The lowest BCUT2D eigenvalue weighted by Gasteiger charge is -2.20. The number of carbonyl (C=O) groups excluding carboxylic acids is 1. The highest BCUT2D eigenvalue weighted by molar-refractivity contribution is 5.85. The molecule has 2 aromatic rings. The maximum Gasteiger partial charge on any atom is 0.242 e. The molecule has 6 nitrogen and oxygen atoms in total. The number of hydrogen-bond acceptors (Lipinski definition) is 4. The fraction of sp³-hybridized carbons (Fsp3) is 0.438. The Morgan fingerprint density at radius 3 is 2.92 bits per heavy atom. The van der Waals surface area contributed by atoms with Crippen molar-refractivity contribution in [1.82, 2.24) is 25.4 Å². The minimum Gasteiger partial charge on any atom is -0.349 e. The van der Waals surface area contributed by atoms with E-state index in [1.165, 1.54) is 6.42 Å². The minimum absolute atomic E-state index is 0. The SMILES string of the molecule is Cl.Cl.O=C(Cn1ccc(C2CCCNC2)n1)NCc1ccccn1. The van der Waals surface area contributed by atoms with Crippen LogP contribution in [0.1, 0.15) is 30.1 Å². The molecule has 0 spiro atoms. The summed E-state index contributed by atoms with van der Waals surface area (Å²) in [6.45, 7) is 2.75. The van der Waals surface area contributed by atoms with Gasteiger partial charge in [-0.25, -0.2) is 0 Å². The predicted octanol–water partition coefficient (Wildman–Crippen LogP) is 1.91. The van der Waals surface area contributed by atoms with Gasteiger partial charge in [0.1, 0.15) is 6.54 Å². The highest BCUT2D eigenvalue weighted by atomic mass is 35.5. The van der Waals surface area contributed by atoms with Crippen LogP contribution in [0.5, 0.6) is 0 Å². The molecule has 8 heteroatoms. The van der Waals surface area contributed by atoms with E-state index >= 15 is 0 Å². The van der Waals surface area contributed by atoms with E-state index in [2.05, 4.69) is 20.7 Å². The van der Waals surface area contributed by atoms with Crippen molar-refractivity contribution in [2.75, 3.05) is 13.1 Å². The molecule has 0 saturated carbocycles. The highest BCUT2D eigenvalue weighted by Crippen LogP contribution is 2.21. The van der Waals surface area contributed by atoms with Crippen LogP contribution in [0.3, 0.4) is 0 Å². The summed E-state index contributed by atoms with van der Waals surface area (Å²) in [5.74, 6) is 0.411. The summed E-state index contributed by atoms with van der Waals surface area (Å²) in [7, 11) is 0. The number of piperidine rings is 1. The number of rotatable bonds is 5. The lowest BCUT2D eigenvalue weighted by molar-refractivity contribution is -0.122. The first-order chi connectivity index (χ1) is 10.8. The van der Waals surface area contributed by atoms with Crippen LogP contribution in [0, 0.1) is 0 Å². The number of carbonyl (C=O) groups is 1. The largest absolute Gasteiger partial charge is 0.349 e. The van der Waals surface area contributed by atoms with E-state index in [1.807, 2.05) is 30.5 Å². The molecule has 132 valence electrons. The van der Waals surface area contributed by atoms with Crippen molar-refractivity contribution in [1.29, 1.82) is 0 Å². The van der Waals surface area contributed by atoms with Crippen LogP contribution in [0.2, 0.25) is 0 Å². The highest BCUT2D eigenvalue weighted by Gasteiger charge is 2.17. The summed E-state index contributed by atoms with van der Waals surface area (Å²) in [5, 5.41) is 10.8. The van der Waals surface area contributed by atoms with Gasteiger partial charge in [0.15, 0.2) is 0 Å². The maximum absolute atomic E-state index is 12.0. The van der Waals surface area contributed by atoms with E-state index in [4.69, 9.17) is 0 Å². The molecule has 1 saturated heterocycles. The van der Waals surface area contributed by atoms with Gasteiger partial charge in [-0.3, -0.25) is 14.5 Å². The third kappa shape index (κ3) is 5.78. The lowest BCUT2D eigenvalue weighted by atomic mass is 9.97. The third-order valence-corrected chi connectivity index (χ3v) is 3.87. The standard InChI is InChI=1S/C16H21N5O.2ClH/c22-16(19-11-14-5-1-2-8-18-14)12-21-9-6-15(20-21)13-4-3-7-17-10-13;;/h1-2,5-6,8-9,13,17H,3-4,7,10-12H2,(H,19,22);2*1H. The van der Waals surface area contributed by atoms with Gasteiger partial charge < -0.3 is 10.6 Å². The monoisotopic (exact) mass is 371 g/mol. The third-order valence-electron chi connectivity index (χ3n) is 3.87. The van der Waals surface area contributed by atoms with Crippen LogP contribution in [-0.2, 0) is 17.9 Å². The lowest BCUT2D eigenvalue weighted by Crippen LogP contribution is -2.29. The molecular formula is C16H23Cl2N5O. The Hall–Kier alpha value is -1.63. The van der Waals surface area contributed by atoms with Crippen LogP contribution >= 0.6 is 24.8 Å². The molecule has 3 rings (SSSR count). The second kappa shape index (κ2) is 10.3. The number of nitrogens with one attached hydrogen (secondary N) is 2. The Labute approximate surface area is 154 Å². The predicted molar refractivity (Wildman–Crippen MR) is 97.7 cm³/mol. The molecule has 0 aliphatic carbocycles. The quantitative estimate of drug-likeness (QED) is 0.841.